The second-order valence-electron chi connectivity index (χ2n) is 4.89. The molecule has 1 aliphatic heterocycles. The third-order valence-electron chi connectivity index (χ3n) is 3.49. The lowest BCUT2D eigenvalue weighted by Gasteiger charge is -2.25. The SMILES string of the molecule is CCC(Nc1c(Br)cc(C)cc1Br)C1CCOC1. The van der Waals surface area contributed by atoms with Gasteiger partial charge in [-0.25, -0.2) is 0 Å². The Balaban J connectivity index is 2.16. The van der Waals surface area contributed by atoms with Gasteiger partial charge in [0.05, 0.1) is 12.3 Å². The molecule has 2 nitrogen and oxygen atoms in total. The summed E-state index contributed by atoms with van der Waals surface area (Å²) in [6, 6.07) is 4.76. The van der Waals surface area contributed by atoms with E-state index in [4.69, 9.17) is 4.74 Å². The molecule has 1 fully saturated rings. The topological polar surface area (TPSA) is 21.3 Å². The van der Waals surface area contributed by atoms with E-state index in [9.17, 15) is 0 Å². The fourth-order valence-corrected chi connectivity index (χ4v) is 4.09. The molecule has 1 N–H and O–H groups in total. The molecule has 2 atom stereocenters. The van der Waals surface area contributed by atoms with Gasteiger partial charge in [-0.1, -0.05) is 6.92 Å². The van der Waals surface area contributed by atoms with Gasteiger partial charge in [0.15, 0.2) is 0 Å². The molecule has 0 saturated carbocycles. The third-order valence-corrected chi connectivity index (χ3v) is 4.74. The average Bonchev–Trinajstić information content (AvgIpc) is 2.81. The fourth-order valence-electron chi connectivity index (χ4n) is 2.45. The predicted molar refractivity (Wildman–Crippen MR) is 83.2 cm³/mol. The Kier molecular flexibility index (Phi) is 5.10. The van der Waals surface area contributed by atoms with Crippen LogP contribution >= 0.6 is 31.9 Å². The molecule has 100 valence electrons. The molecule has 1 saturated heterocycles. The number of rotatable bonds is 4. The number of anilines is 1. The van der Waals surface area contributed by atoms with Crippen molar-refractivity contribution in [1.82, 2.24) is 0 Å². The van der Waals surface area contributed by atoms with Gasteiger partial charge >= 0.3 is 0 Å². The molecule has 4 heteroatoms. The first kappa shape index (κ1) is 14.4. The van der Waals surface area contributed by atoms with Crippen molar-refractivity contribution < 1.29 is 4.74 Å². The molecule has 1 aliphatic rings. The van der Waals surface area contributed by atoms with Gasteiger partial charge in [-0.15, -0.1) is 0 Å². The van der Waals surface area contributed by atoms with E-state index in [0.717, 1.165) is 40.7 Å². The van der Waals surface area contributed by atoms with Crippen LogP contribution in [0.4, 0.5) is 5.69 Å². The van der Waals surface area contributed by atoms with Crippen molar-refractivity contribution in [2.75, 3.05) is 18.5 Å². The first-order valence-corrected chi connectivity index (χ1v) is 8.00. The Morgan fingerprint density at radius 2 is 2.06 bits per heavy atom. The maximum atomic E-state index is 5.49. The van der Waals surface area contributed by atoms with Crippen molar-refractivity contribution in [2.24, 2.45) is 5.92 Å². The smallest absolute Gasteiger partial charge is 0.0631 e. The Labute approximate surface area is 126 Å². The maximum absolute atomic E-state index is 5.49. The summed E-state index contributed by atoms with van der Waals surface area (Å²) in [6.45, 7) is 6.11. The minimum absolute atomic E-state index is 0.475. The summed E-state index contributed by atoms with van der Waals surface area (Å²) < 4.78 is 7.73. The van der Waals surface area contributed by atoms with E-state index in [1.807, 2.05) is 0 Å². The van der Waals surface area contributed by atoms with Gasteiger partial charge < -0.3 is 10.1 Å². The minimum atomic E-state index is 0.475. The van der Waals surface area contributed by atoms with Gasteiger partial charge in [0.2, 0.25) is 0 Å². The van der Waals surface area contributed by atoms with Crippen LogP contribution in [0.1, 0.15) is 25.3 Å². The highest BCUT2D eigenvalue weighted by atomic mass is 79.9. The monoisotopic (exact) mass is 375 g/mol. The highest BCUT2D eigenvalue weighted by molar-refractivity contribution is 9.11. The minimum Gasteiger partial charge on any atom is -0.381 e. The predicted octanol–water partition coefficient (Wildman–Crippen LogP) is 4.75. The second kappa shape index (κ2) is 6.40. The summed E-state index contributed by atoms with van der Waals surface area (Å²) in [5.41, 5.74) is 2.40. The highest BCUT2D eigenvalue weighted by Crippen LogP contribution is 2.34. The summed E-state index contributed by atoms with van der Waals surface area (Å²) in [5, 5.41) is 3.66. The van der Waals surface area contributed by atoms with Crippen molar-refractivity contribution in [3.8, 4) is 0 Å². The zero-order chi connectivity index (χ0) is 13.1. The first-order chi connectivity index (χ1) is 8.61. The average molecular weight is 377 g/mol. The molecule has 0 amide bonds. The van der Waals surface area contributed by atoms with Gasteiger partial charge in [-0.3, -0.25) is 0 Å². The zero-order valence-corrected chi connectivity index (χ0v) is 14.0. The molecule has 2 rings (SSSR count). The molecule has 0 aromatic heterocycles. The van der Waals surface area contributed by atoms with Crippen LogP contribution in [0.2, 0.25) is 0 Å². The van der Waals surface area contributed by atoms with Crippen molar-refractivity contribution in [2.45, 2.75) is 32.7 Å². The molecule has 18 heavy (non-hydrogen) atoms. The van der Waals surface area contributed by atoms with Crippen LogP contribution in [0.3, 0.4) is 0 Å². The van der Waals surface area contributed by atoms with Crippen LogP contribution < -0.4 is 5.32 Å². The standard InChI is InChI=1S/C14H19Br2NO/c1-3-13(10-4-5-18-8-10)17-14-11(15)6-9(2)7-12(14)16/h6-7,10,13,17H,3-5,8H2,1-2H3. The Hall–Kier alpha value is -0.0600. The van der Waals surface area contributed by atoms with Gasteiger partial charge in [0.25, 0.3) is 0 Å². The lowest BCUT2D eigenvalue weighted by molar-refractivity contribution is 0.182. The number of hydrogen-bond acceptors (Lipinski definition) is 2. The summed E-state index contributed by atoms with van der Waals surface area (Å²) in [5.74, 6) is 0.620. The van der Waals surface area contributed by atoms with Gasteiger partial charge in [0.1, 0.15) is 0 Å². The lowest BCUT2D eigenvalue weighted by atomic mass is 9.96. The fraction of sp³-hybridized carbons (Fsp3) is 0.571. The van der Waals surface area contributed by atoms with Crippen molar-refractivity contribution >= 4 is 37.5 Å². The number of aryl methyl sites for hydroxylation is 1. The number of nitrogens with one attached hydrogen (secondary N) is 1. The van der Waals surface area contributed by atoms with Gasteiger partial charge in [0, 0.05) is 27.5 Å². The zero-order valence-electron chi connectivity index (χ0n) is 10.8. The number of benzene rings is 1. The summed E-state index contributed by atoms with van der Waals surface area (Å²) in [7, 11) is 0. The molecule has 1 heterocycles. The lowest BCUT2D eigenvalue weighted by Crippen LogP contribution is -2.29. The molecule has 2 unspecified atom stereocenters. The van der Waals surface area contributed by atoms with Gasteiger partial charge in [-0.2, -0.15) is 0 Å². The molecular weight excluding hydrogens is 358 g/mol. The summed E-state index contributed by atoms with van der Waals surface area (Å²) in [6.07, 6.45) is 2.27. The van der Waals surface area contributed by atoms with Crippen LogP contribution in [-0.2, 0) is 4.74 Å². The van der Waals surface area contributed by atoms with Crippen LogP contribution in [0.25, 0.3) is 0 Å². The van der Waals surface area contributed by atoms with Crippen LogP contribution in [0, 0.1) is 12.8 Å². The molecular formula is C14H19Br2NO. The molecule has 1 aromatic carbocycles. The van der Waals surface area contributed by atoms with Crippen LogP contribution in [0.15, 0.2) is 21.1 Å². The number of ether oxygens (including phenoxy) is 1. The Morgan fingerprint density at radius 1 is 1.39 bits per heavy atom. The third kappa shape index (κ3) is 3.28. The second-order valence-corrected chi connectivity index (χ2v) is 6.59. The van der Waals surface area contributed by atoms with Crippen molar-refractivity contribution in [1.29, 1.82) is 0 Å². The van der Waals surface area contributed by atoms with E-state index in [-0.39, 0.29) is 0 Å². The van der Waals surface area contributed by atoms with E-state index in [1.165, 1.54) is 5.56 Å². The Morgan fingerprint density at radius 3 is 2.56 bits per heavy atom. The van der Waals surface area contributed by atoms with E-state index in [2.05, 4.69) is 63.2 Å². The summed E-state index contributed by atoms with van der Waals surface area (Å²) in [4.78, 5) is 0. The number of halogens is 2. The normalized spacial score (nSPS) is 21.0. The van der Waals surface area contributed by atoms with Crippen molar-refractivity contribution in [3.05, 3.63) is 26.6 Å². The van der Waals surface area contributed by atoms with Crippen LogP contribution in [-0.4, -0.2) is 19.3 Å². The number of hydrogen-bond donors (Lipinski definition) is 1. The van der Waals surface area contributed by atoms with Crippen LogP contribution in [0.5, 0.6) is 0 Å². The molecule has 0 aliphatic carbocycles. The van der Waals surface area contributed by atoms with E-state index >= 15 is 0 Å². The van der Waals surface area contributed by atoms with Crippen molar-refractivity contribution in [3.63, 3.8) is 0 Å². The largest absolute Gasteiger partial charge is 0.381 e. The van der Waals surface area contributed by atoms with E-state index in [0.29, 0.717) is 12.0 Å². The Bertz CT molecular complexity index is 393. The van der Waals surface area contributed by atoms with E-state index < -0.39 is 0 Å². The maximum Gasteiger partial charge on any atom is 0.0631 e. The summed E-state index contributed by atoms with van der Waals surface area (Å²) >= 11 is 7.28. The molecule has 0 bridgehead atoms. The molecule has 0 spiro atoms. The first-order valence-electron chi connectivity index (χ1n) is 6.41. The quantitative estimate of drug-likeness (QED) is 0.818. The molecule has 0 radical (unpaired) electrons. The van der Waals surface area contributed by atoms with E-state index in [1.54, 1.807) is 0 Å². The molecule has 1 aromatic rings. The van der Waals surface area contributed by atoms with Gasteiger partial charge in [-0.05, 0) is 69.3 Å². The highest BCUT2D eigenvalue weighted by Gasteiger charge is 2.25.